The average molecular weight is 224 g/mol. The molecule has 0 spiro atoms. The van der Waals surface area contributed by atoms with Crippen molar-refractivity contribution in [1.29, 1.82) is 0 Å². The normalized spacial score (nSPS) is 17.5. The van der Waals surface area contributed by atoms with Crippen LogP contribution in [-0.2, 0) is 6.54 Å². The van der Waals surface area contributed by atoms with E-state index in [2.05, 4.69) is 10.00 Å². The van der Waals surface area contributed by atoms with Crippen LogP contribution in [-0.4, -0.2) is 39.2 Å². The van der Waals surface area contributed by atoms with Crippen LogP contribution < -0.4 is 0 Å². The van der Waals surface area contributed by atoms with Crippen molar-refractivity contribution in [3.8, 4) is 0 Å². The summed E-state index contributed by atoms with van der Waals surface area (Å²) in [6.07, 6.45) is 6.64. The third-order valence-corrected chi connectivity index (χ3v) is 2.92. The molecule has 0 N–H and O–H groups in total. The highest BCUT2D eigenvalue weighted by Crippen LogP contribution is 2.10. The minimum absolute atomic E-state index is 0.0682. The van der Waals surface area contributed by atoms with E-state index in [1.54, 1.807) is 4.68 Å². The van der Waals surface area contributed by atoms with E-state index in [4.69, 9.17) is 0 Å². The predicted molar refractivity (Wildman–Crippen MR) is 59.2 cm³/mol. The molecule has 1 saturated heterocycles. The maximum absolute atomic E-state index is 10.5. The van der Waals surface area contributed by atoms with E-state index in [1.807, 2.05) is 0 Å². The minimum atomic E-state index is -0.412. The van der Waals surface area contributed by atoms with Gasteiger partial charge in [0.25, 0.3) is 0 Å². The second kappa shape index (κ2) is 5.07. The molecule has 0 unspecified atom stereocenters. The zero-order chi connectivity index (χ0) is 11.4. The van der Waals surface area contributed by atoms with Gasteiger partial charge in [-0.05, 0) is 25.9 Å². The van der Waals surface area contributed by atoms with Crippen molar-refractivity contribution in [1.82, 2.24) is 14.7 Å². The van der Waals surface area contributed by atoms with E-state index >= 15 is 0 Å². The Labute approximate surface area is 94.0 Å². The number of hydrogen-bond donors (Lipinski definition) is 0. The van der Waals surface area contributed by atoms with Crippen molar-refractivity contribution in [2.24, 2.45) is 0 Å². The maximum atomic E-state index is 10.5. The van der Waals surface area contributed by atoms with Gasteiger partial charge in [-0.15, -0.1) is 0 Å². The molecule has 1 aliphatic heterocycles. The van der Waals surface area contributed by atoms with Gasteiger partial charge in [0.2, 0.25) is 0 Å². The van der Waals surface area contributed by atoms with Gasteiger partial charge < -0.3 is 4.90 Å². The molecule has 1 fully saturated rings. The highest BCUT2D eigenvalue weighted by molar-refractivity contribution is 5.20. The van der Waals surface area contributed by atoms with E-state index in [9.17, 15) is 10.1 Å². The quantitative estimate of drug-likeness (QED) is 0.570. The van der Waals surface area contributed by atoms with Crippen LogP contribution in [0.15, 0.2) is 12.4 Å². The average Bonchev–Trinajstić information content (AvgIpc) is 2.76. The Kier molecular flexibility index (Phi) is 3.51. The van der Waals surface area contributed by atoms with Crippen LogP contribution in [0.2, 0.25) is 0 Å². The number of rotatable bonds is 4. The summed E-state index contributed by atoms with van der Waals surface area (Å²) in [4.78, 5) is 12.4. The van der Waals surface area contributed by atoms with Crippen molar-refractivity contribution >= 4 is 5.69 Å². The summed E-state index contributed by atoms with van der Waals surface area (Å²) >= 11 is 0. The first-order valence-electron chi connectivity index (χ1n) is 5.65. The Hall–Kier alpha value is -1.43. The summed E-state index contributed by atoms with van der Waals surface area (Å²) in [5.41, 5.74) is 0.0682. The molecule has 1 aromatic heterocycles. The molecular formula is C10H16N4O2. The van der Waals surface area contributed by atoms with E-state index in [0.29, 0.717) is 0 Å². The summed E-state index contributed by atoms with van der Waals surface area (Å²) in [7, 11) is 0. The molecule has 0 amide bonds. The molecule has 6 nitrogen and oxygen atoms in total. The molecule has 1 aromatic rings. The zero-order valence-corrected chi connectivity index (χ0v) is 9.21. The van der Waals surface area contributed by atoms with E-state index < -0.39 is 4.92 Å². The van der Waals surface area contributed by atoms with Crippen molar-refractivity contribution in [2.45, 2.75) is 25.8 Å². The Morgan fingerprint density at radius 3 is 2.69 bits per heavy atom. The van der Waals surface area contributed by atoms with Crippen LogP contribution >= 0.6 is 0 Å². The SMILES string of the molecule is O=[N+]([O-])c1cnn(CCN2CCCCC2)c1. The lowest BCUT2D eigenvalue weighted by molar-refractivity contribution is -0.385. The first-order valence-corrected chi connectivity index (χ1v) is 5.65. The molecule has 0 saturated carbocycles. The van der Waals surface area contributed by atoms with Crippen molar-refractivity contribution in [3.05, 3.63) is 22.5 Å². The van der Waals surface area contributed by atoms with Gasteiger partial charge in [0.15, 0.2) is 0 Å². The van der Waals surface area contributed by atoms with E-state index in [-0.39, 0.29) is 5.69 Å². The Bertz CT molecular complexity index is 357. The molecule has 6 heteroatoms. The largest absolute Gasteiger partial charge is 0.306 e. The third-order valence-electron chi connectivity index (χ3n) is 2.92. The maximum Gasteiger partial charge on any atom is 0.306 e. The molecular weight excluding hydrogens is 208 g/mol. The lowest BCUT2D eigenvalue weighted by atomic mass is 10.1. The van der Waals surface area contributed by atoms with Crippen molar-refractivity contribution in [3.63, 3.8) is 0 Å². The fourth-order valence-corrected chi connectivity index (χ4v) is 2.00. The molecule has 2 heterocycles. The molecule has 0 aromatic carbocycles. The minimum Gasteiger partial charge on any atom is -0.301 e. The van der Waals surface area contributed by atoms with Crippen LogP contribution in [0.1, 0.15) is 19.3 Å². The third kappa shape index (κ3) is 2.79. The Morgan fingerprint density at radius 2 is 2.06 bits per heavy atom. The van der Waals surface area contributed by atoms with Crippen LogP contribution in [0.4, 0.5) is 5.69 Å². The highest BCUT2D eigenvalue weighted by atomic mass is 16.6. The van der Waals surface area contributed by atoms with Gasteiger partial charge >= 0.3 is 5.69 Å². The van der Waals surface area contributed by atoms with Gasteiger partial charge in [0, 0.05) is 6.54 Å². The molecule has 0 aliphatic carbocycles. The van der Waals surface area contributed by atoms with Gasteiger partial charge in [-0.1, -0.05) is 6.42 Å². The molecule has 0 atom stereocenters. The highest BCUT2D eigenvalue weighted by Gasteiger charge is 2.12. The second-order valence-electron chi connectivity index (χ2n) is 4.12. The van der Waals surface area contributed by atoms with Crippen molar-refractivity contribution in [2.75, 3.05) is 19.6 Å². The molecule has 16 heavy (non-hydrogen) atoms. The summed E-state index contributed by atoms with van der Waals surface area (Å²) in [5.74, 6) is 0. The van der Waals surface area contributed by atoms with Crippen LogP contribution in [0.25, 0.3) is 0 Å². The van der Waals surface area contributed by atoms with Crippen LogP contribution in [0, 0.1) is 10.1 Å². The summed E-state index contributed by atoms with van der Waals surface area (Å²) in [5, 5.41) is 14.4. The summed E-state index contributed by atoms with van der Waals surface area (Å²) in [6, 6.07) is 0. The van der Waals surface area contributed by atoms with E-state index in [1.165, 1.54) is 31.7 Å². The Morgan fingerprint density at radius 1 is 1.31 bits per heavy atom. The van der Waals surface area contributed by atoms with E-state index in [0.717, 1.165) is 26.2 Å². The first-order chi connectivity index (χ1) is 7.75. The van der Waals surface area contributed by atoms with Crippen molar-refractivity contribution < 1.29 is 4.92 Å². The number of aromatic nitrogens is 2. The van der Waals surface area contributed by atoms with Crippen LogP contribution in [0.3, 0.4) is 0 Å². The second-order valence-corrected chi connectivity index (χ2v) is 4.12. The Balaban J connectivity index is 1.81. The topological polar surface area (TPSA) is 64.2 Å². The molecule has 2 rings (SSSR count). The summed E-state index contributed by atoms with van der Waals surface area (Å²) in [6.45, 7) is 3.94. The molecule has 88 valence electrons. The number of nitrogens with zero attached hydrogens (tertiary/aromatic N) is 4. The lowest BCUT2D eigenvalue weighted by Crippen LogP contribution is -2.32. The molecule has 0 bridgehead atoms. The zero-order valence-electron chi connectivity index (χ0n) is 9.21. The molecule has 1 aliphatic rings. The number of hydrogen-bond acceptors (Lipinski definition) is 4. The standard InChI is InChI=1S/C10H16N4O2/c15-14(16)10-8-11-13(9-10)7-6-12-4-2-1-3-5-12/h8-9H,1-7H2. The fraction of sp³-hybridized carbons (Fsp3) is 0.700. The monoisotopic (exact) mass is 224 g/mol. The predicted octanol–water partition coefficient (Wildman–Crippen LogP) is 1.28. The van der Waals surface area contributed by atoms with Gasteiger partial charge in [-0.3, -0.25) is 14.8 Å². The molecule has 0 radical (unpaired) electrons. The first kappa shape index (κ1) is 11.1. The number of likely N-dealkylation sites (tertiary alicyclic amines) is 1. The number of piperidine rings is 1. The van der Waals surface area contributed by atoms with Gasteiger partial charge in [0.1, 0.15) is 12.4 Å². The smallest absolute Gasteiger partial charge is 0.301 e. The van der Waals surface area contributed by atoms with Gasteiger partial charge in [-0.25, -0.2) is 0 Å². The van der Waals surface area contributed by atoms with Crippen LogP contribution in [0.5, 0.6) is 0 Å². The van der Waals surface area contributed by atoms with Gasteiger partial charge in [-0.2, -0.15) is 5.10 Å². The lowest BCUT2D eigenvalue weighted by Gasteiger charge is -2.26. The summed E-state index contributed by atoms with van der Waals surface area (Å²) < 4.78 is 1.65. The fourth-order valence-electron chi connectivity index (χ4n) is 2.00. The number of nitro groups is 1. The van der Waals surface area contributed by atoms with Gasteiger partial charge in [0.05, 0.1) is 11.5 Å².